The van der Waals surface area contributed by atoms with Gasteiger partial charge in [-0.15, -0.1) is 0 Å². The summed E-state index contributed by atoms with van der Waals surface area (Å²) in [7, 11) is 0. The summed E-state index contributed by atoms with van der Waals surface area (Å²) in [5.41, 5.74) is 1.40. The minimum atomic E-state index is 0. The van der Waals surface area contributed by atoms with Crippen LogP contribution in [0.3, 0.4) is 0 Å². The smallest absolute Gasteiger partial charge is 0.412 e. The van der Waals surface area contributed by atoms with Gasteiger partial charge in [0, 0.05) is 32.7 Å². The average Bonchev–Trinajstić information content (AvgIpc) is 2.48. The summed E-state index contributed by atoms with van der Waals surface area (Å²) in [6.45, 7) is 4.96. The fourth-order valence-corrected chi connectivity index (χ4v) is 3.12. The van der Waals surface area contributed by atoms with Gasteiger partial charge in [0.25, 0.3) is 0 Å². The molecule has 0 atom stereocenters. The summed E-state index contributed by atoms with van der Waals surface area (Å²) in [6, 6.07) is 15.1. The maximum atomic E-state index is 5.07. The first-order valence-electron chi connectivity index (χ1n) is 6.89. The summed E-state index contributed by atoms with van der Waals surface area (Å²) in [4.78, 5) is 4.59. The van der Waals surface area contributed by atoms with Crippen LogP contribution in [0.5, 0.6) is 0 Å². The second kappa shape index (κ2) is 10.5. The van der Waals surface area contributed by atoms with E-state index in [1.54, 1.807) is 0 Å². The van der Waals surface area contributed by atoms with Crippen LogP contribution >= 0.6 is 12.2 Å². The number of nitrogens with zero attached hydrogens (tertiary/aromatic N) is 2. The van der Waals surface area contributed by atoms with Gasteiger partial charge < -0.3 is 40.7 Å². The molecule has 7 heteroatoms. The molecule has 0 aromatic heterocycles. The fraction of sp³-hybridized carbons (Fsp3) is 0.312. The van der Waals surface area contributed by atoms with Crippen molar-refractivity contribution in [1.82, 2.24) is 9.80 Å². The van der Waals surface area contributed by atoms with Crippen LogP contribution in [0, 0.1) is 0 Å². The molecule has 0 unspecified atom stereocenters. The van der Waals surface area contributed by atoms with Crippen LogP contribution < -0.4 is 29.6 Å². The molecule has 120 valence electrons. The molecule has 0 radical (unpaired) electrons. The third-order valence-electron chi connectivity index (χ3n) is 3.90. The summed E-state index contributed by atoms with van der Waals surface area (Å²) >= 11 is 10.1. The second-order valence-electron chi connectivity index (χ2n) is 5.17. The van der Waals surface area contributed by atoms with Crippen LogP contribution in [-0.4, -0.2) is 51.3 Å². The van der Waals surface area contributed by atoms with Crippen molar-refractivity contribution in [1.29, 1.82) is 0 Å². The van der Waals surface area contributed by atoms with Crippen LogP contribution in [-0.2, 0) is 19.2 Å². The standard InChI is InChI=1S/C16H18N2S2.Na.2H2O/c19-16(20)18-10-8-17(9-11-18)12-14-6-3-5-13-4-1-2-7-15(13)14;;;/h1-7H,8-12H2,(H,19,20);;2*1H2/q;+1;;/p-1. The molecule has 23 heavy (non-hydrogen) atoms. The molecule has 4 N–H and O–H groups in total. The molecule has 0 saturated carbocycles. The fourth-order valence-electron chi connectivity index (χ4n) is 2.76. The van der Waals surface area contributed by atoms with Crippen molar-refractivity contribution in [2.45, 2.75) is 6.54 Å². The summed E-state index contributed by atoms with van der Waals surface area (Å²) in [6.07, 6.45) is 0. The monoisotopic (exact) mass is 360 g/mol. The Balaban J connectivity index is 0.00000161. The molecule has 1 heterocycles. The van der Waals surface area contributed by atoms with Crippen molar-refractivity contribution in [3.63, 3.8) is 0 Å². The summed E-state index contributed by atoms with van der Waals surface area (Å²) < 4.78 is 0.606. The molecule has 2 aromatic carbocycles. The maximum absolute atomic E-state index is 5.07. The topological polar surface area (TPSA) is 69.5 Å². The average molecular weight is 360 g/mol. The zero-order valence-corrected chi connectivity index (χ0v) is 16.9. The second-order valence-corrected chi connectivity index (χ2v) is 6.20. The first-order chi connectivity index (χ1) is 9.74. The Morgan fingerprint density at radius 2 is 1.57 bits per heavy atom. The van der Waals surface area contributed by atoms with Gasteiger partial charge in [-0.25, -0.2) is 0 Å². The van der Waals surface area contributed by atoms with E-state index < -0.39 is 0 Å². The molecule has 0 amide bonds. The minimum Gasteiger partial charge on any atom is -0.412 e. The van der Waals surface area contributed by atoms with E-state index in [2.05, 4.69) is 52.3 Å². The largest absolute Gasteiger partial charge is 1.00 e. The number of fused-ring (bicyclic) bond motifs is 1. The first kappa shape index (κ1) is 22.7. The van der Waals surface area contributed by atoms with E-state index in [0.29, 0.717) is 4.32 Å². The molecular formula is C16H21N2NaO2S2. The minimum absolute atomic E-state index is 0. The van der Waals surface area contributed by atoms with Crippen LogP contribution in [0.15, 0.2) is 42.5 Å². The Labute approximate surface area is 170 Å². The third-order valence-corrected chi connectivity index (χ3v) is 4.42. The van der Waals surface area contributed by atoms with E-state index in [0.717, 1.165) is 32.7 Å². The van der Waals surface area contributed by atoms with Crippen LogP contribution in [0.1, 0.15) is 5.56 Å². The number of rotatable bonds is 2. The Morgan fingerprint density at radius 3 is 2.22 bits per heavy atom. The number of hydrogen-bond donors (Lipinski definition) is 0. The number of piperazine rings is 1. The van der Waals surface area contributed by atoms with E-state index in [-0.39, 0.29) is 40.5 Å². The molecule has 1 aliphatic rings. The van der Waals surface area contributed by atoms with Crippen LogP contribution in [0.4, 0.5) is 0 Å². The van der Waals surface area contributed by atoms with Gasteiger partial charge in [-0.3, -0.25) is 4.90 Å². The van der Waals surface area contributed by atoms with Gasteiger partial charge in [-0.1, -0.05) is 46.8 Å². The Hall–Kier alpha value is -0.310. The van der Waals surface area contributed by atoms with Gasteiger partial charge in [0.1, 0.15) is 0 Å². The van der Waals surface area contributed by atoms with Crippen molar-refractivity contribution >= 4 is 39.9 Å². The predicted octanol–water partition coefficient (Wildman–Crippen LogP) is -1.86. The third kappa shape index (κ3) is 5.62. The van der Waals surface area contributed by atoms with E-state index in [9.17, 15) is 0 Å². The van der Waals surface area contributed by atoms with Crippen molar-refractivity contribution in [2.24, 2.45) is 0 Å². The zero-order valence-electron chi connectivity index (χ0n) is 13.3. The van der Waals surface area contributed by atoms with Gasteiger partial charge >= 0.3 is 29.6 Å². The van der Waals surface area contributed by atoms with Gasteiger partial charge in [0.2, 0.25) is 0 Å². The van der Waals surface area contributed by atoms with Crippen molar-refractivity contribution < 1.29 is 40.5 Å². The molecule has 1 saturated heterocycles. The molecule has 0 bridgehead atoms. The zero-order chi connectivity index (χ0) is 13.9. The van der Waals surface area contributed by atoms with Gasteiger partial charge in [0.15, 0.2) is 0 Å². The van der Waals surface area contributed by atoms with Gasteiger partial charge in [0.05, 0.1) is 0 Å². The SMILES string of the molecule is O.O.S=C([S-])N1CCN(Cc2cccc3ccccc23)CC1.[Na+]. The normalized spacial score (nSPS) is 14.3. The van der Waals surface area contributed by atoms with E-state index in [1.165, 1.54) is 16.3 Å². The van der Waals surface area contributed by atoms with E-state index in [1.807, 2.05) is 0 Å². The quantitative estimate of drug-likeness (QED) is 0.358. The van der Waals surface area contributed by atoms with E-state index in [4.69, 9.17) is 24.8 Å². The predicted molar refractivity (Wildman–Crippen MR) is 98.0 cm³/mol. The molecule has 1 aliphatic heterocycles. The number of hydrogen-bond acceptors (Lipinski definition) is 3. The molecule has 1 fully saturated rings. The molecule has 4 nitrogen and oxygen atoms in total. The molecule has 0 spiro atoms. The van der Waals surface area contributed by atoms with Crippen LogP contribution in [0.25, 0.3) is 10.8 Å². The Kier molecular flexibility index (Phi) is 10.4. The van der Waals surface area contributed by atoms with E-state index >= 15 is 0 Å². The molecular weight excluding hydrogens is 339 g/mol. The van der Waals surface area contributed by atoms with Crippen molar-refractivity contribution in [3.05, 3.63) is 48.0 Å². The van der Waals surface area contributed by atoms with Gasteiger partial charge in [-0.05, 0) is 16.3 Å². The van der Waals surface area contributed by atoms with Gasteiger partial charge in [-0.2, -0.15) is 0 Å². The maximum Gasteiger partial charge on any atom is 1.00 e. The molecule has 3 rings (SSSR count). The Bertz CT molecular complexity index is 629. The Morgan fingerprint density at radius 1 is 0.957 bits per heavy atom. The number of thiocarbonyl (C=S) groups is 1. The van der Waals surface area contributed by atoms with Crippen LogP contribution in [0.2, 0.25) is 0 Å². The summed E-state index contributed by atoms with van der Waals surface area (Å²) in [5.74, 6) is 0. The molecule has 0 aliphatic carbocycles. The van der Waals surface area contributed by atoms with Crippen molar-refractivity contribution in [2.75, 3.05) is 26.2 Å². The first-order valence-corrected chi connectivity index (χ1v) is 7.70. The molecule has 2 aromatic rings. The number of benzene rings is 2. The summed E-state index contributed by atoms with van der Waals surface area (Å²) in [5, 5.41) is 2.67. The van der Waals surface area contributed by atoms with Crippen molar-refractivity contribution in [3.8, 4) is 0 Å².